The Morgan fingerprint density at radius 3 is 2.69 bits per heavy atom. The van der Waals surface area contributed by atoms with Crippen LogP contribution in [0.3, 0.4) is 0 Å². The summed E-state index contributed by atoms with van der Waals surface area (Å²) < 4.78 is 4.74. The number of hydrogen-bond acceptors (Lipinski definition) is 4. The van der Waals surface area contributed by atoms with E-state index in [1.165, 1.54) is 6.92 Å². The topological polar surface area (TPSA) is 72.5 Å². The fourth-order valence-electron chi connectivity index (χ4n) is 1.04. The van der Waals surface area contributed by atoms with E-state index in [2.05, 4.69) is 6.58 Å². The third-order valence-corrected chi connectivity index (χ3v) is 1.72. The highest BCUT2D eigenvalue weighted by Crippen LogP contribution is 2.21. The first-order chi connectivity index (χ1) is 5.98. The van der Waals surface area contributed by atoms with E-state index >= 15 is 0 Å². The standard InChI is InChI=1S/C8H9NO4/c1-3-6(11)13-8(2)4-5(10)9-7(8)12/h3H,1,4H2,2H3,(H,9,10,12). The molecule has 0 aliphatic carbocycles. The number of nitrogens with one attached hydrogen (secondary N) is 1. The van der Waals surface area contributed by atoms with Crippen LogP contribution < -0.4 is 5.32 Å². The molecule has 2 amide bonds. The van der Waals surface area contributed by atoms with Gasteiger partial charge in [-0.15, -0.1) is 0 Å². The maximum absolute atomic E-state index is 11.1. The molecular weight excluding hydrogens is 174 g/mol. The third kappa shape index (κ3) is 1.74. The van der Waals surface area contributed by atoms with Crippen molar-refractivity contribution >= 4 is 17.8 Å². The van der Waals surface area contributed by atoms with Crippen molar-refractivity contribution in [2.45, 2.75) is 18.9 Å². The lowest BCUT2D eigenvalue weighted by molar-refractivity contribution is -0.159. The molecule has 0 bridgehead atoms. The lowest BCUT2D eigenvalue weighted by atomic mass is 10.1. The van der Waals surface area contributed by atoms with Crippen LogP contribution in [0.2, 0.25) is 0 Å². The van der Waals surface area contributed by atoms with Gasteiger partial charge in [0.15, 0.2) is 5.60 Å². The molecule has 1 atom stereocenters. The van der Waals surface area contributed by atoms with E-state index in [4.69, 9.17) is 4.74 Å². The van der Waals surface area contributed by atoms with Gasteiger partial charge in [0.25, 0.3) is 5.91 Å². The van der Waals surface area contributed by atoms with Crippen molar-refractivity contribution in [3.63, 3.8) is 0 Å². The molecule has 5 heteroatoms. The zero-order valence-electron chi connectivity index (χ0n) is 7.12. The average Bonchev–Trinajstić information content (AvgIpc) is 2.25. The molecule has 0 saturated carbocycles. The van der Waals surface area contributed by atoms with E-state index in [0.717, 1.165) is 6.08 Å². The summed E-state index contributed by atoms with van der Waals surface area (Å²) in [7, 11) is 0. The smallest absolute Gasteiger partial charge is 0.331 e. The average molecular weight is 183 g/mol. The van der Waals surface area contributed by atoms with E-state index in [9.17, 15) is 14.4 Å². The van der Waals surface area contributed by atoms with Gasteiger partial charge in [0.2, 0.25) is 5.91 Å². The molecule has 1 aliphatic heterocycles. The Bertz CT molecular complexity index is 297. The molecule has 1 aliphatic rings. The van der Waals surface area contributed by atoms with Gasteiger partial charge >= 0.3 is 5.97 Å². The van der Waals surface area contributed by atoms with Gasteiger partial charge in [0.05, 0.1) is 6.42 Å². The Kier molecular flexibility index (Phi) is 2.18. The molecular formula is C8H9NO4. The predicted molar refractivity (Wildman–Crippen MR) is 42.5 cm³/mol. The van der Waals surface area contributed by atoms with Gasteiger partial charge < -0.3 is 4.74 Å². The van der Waals surface area contributed by atoms with E-state index in [1.54, 1.807) is 0 Å². The SMILES string of the molecule is C=CC(=O)OC1(C)CC(=O)NC1=O. The fraction of sp³-hybridized carbons (Fsp3) is 0.375. The molecule has 1 saturated heterocycles. The minimum Gasteiger partial charge on any atom is -0.446 e. The van der Waals surface area contributed by atoms with Gasteiger partial charge in [-0.2, -0.15) is 0 Å². The summed E-state index contributed by atoms with van der Waals surface area (Å²) in [5.74, 6) is -1.75. The van der Waals surface area contributed by atoms with Crippen molar-refractivity contribution in [3.05, 3.63) is 12.7 Å². The van der Waals surface area contributed by atoms with Crippen molar-refractivity contribution in [3.8, 4) is 0 Å². The predicted octanol–water partition coefficient (Wildman–Crippen LogP) is -0.479. The van der Waals surface area contributed by atoms with Crippen LogP contribution in [0.5, 0.6) is 0 Å². The van der Waals surface area contributed by atoms with Crippen molar-refractivity contribution in [2.24, 2.45) is 0 Å². The van der Waals surface area contributed by atoms with Crippen molar-refractivity contribution in [2.75, 3.05) is 0 Å². The summed E-state index contributed by atoms with van der Waals surface area (Å²) in [5.41, 5.74) is -1.37. The van der Waals surface area contributed by atoms with E-state index < -0.39 is 23.4 Å². The number of esters is 1. The molecule has 13 heavy (non-hydrogen) atoms. The molecule has 70 valence electrons. The quantitative estimate of drug-likeness (QED) is 0.356. The molecule has 1 unspecified atom stereocenters. The normalized spacial score (nSPS) is 26.8. The van der Waals surface area contributed by atoms with Gasteiger partial charge in [-0.25, -0.2) is 4.79 Å². The molecule has 0 aromatic carbocycles. The van der Waals surface area contributed by atoms with Crippen molar-refractivity contribution in [1.82, 2.24) is 5.32 Å². The summed E-state index contributed by atoms with van der Waals surface area (Å²) in [6.45, 7) is 4.57. The lowest BCUT2D eigenvalue weighted by Crippen LogP contribution is -2.39. The fourth-order valence-corrected chi connectivity index (χ4v) is 1.04. The zero-order valence-corrected chi connectivity index (χ0v) is 7.12. The monoisotopic (exact) mass is 183 g/mol. The summed E-state index contributed by atoms with van der Waals surface area (Å²) in [6, 6.07) is 0. The Balaban J connectivity index is 2.76. The molecule has 1 fully saturated rings. The van der Waals surface area contributed by atoms with Gasteiger partial charge in [-0.05, 0) is 6.92 Å². The number of amides is 2. The summed E-state index contributed by atoms with van der Waals surface area (Å²) >= 11 is 0. The molecule has 0 aromatic heterocycles. The van der Waals surface area contributed by atoms with Crippen LogP contribution in [0.25, 0.3) is 0 Å². The van der Waals surface area contributed by atoms with Gasteiger partial charge in [-0.3, -0.25) is 14.9 Å². The maximum atomic E-state index is 11.1. The number of ether oxygens (including phenoxy) is 1. The zero-order chi connectivity index (χ0) is 10.1. The summed E-state index contributed by atoms with van der Waals surface area (Å²) in [4.78, 5) is 32.7. The maximum Gasteiger partial charge on any atom is 0.331 e. The molecule has 1 N–H and O–H groups in total. The molecule has 1 heterocycles. The molecule has 0 radical (unpaired) electrons. The number of carbonyl (C=O) groups excluding carboxylic acids is 3. The highest BCUT2D eigenvalue weighted by Gasteiger charge is 2.45. The highest BCUT2D eigenvalue weighted by molar-refractivity contribution is 6.08. The Morgan fingerprint density at radius 1 is 1.69 bits per heavy atom. The summed E-state index contributed by atoms with van der Waals surface area (Å²) in [6.07, 6.45) is 0.812. The second kappa shape index (κ2) is 3.01. The third-order valence-electron chi connectivity index (χ3n) is 1.72. The van der Waals surface area contributed by atoms with Crippen LogP contribution in [0.1, 0.15) is 13.3 Å². The van der Waals surface area contributed by atoms with Crippen molar-refractivity contribution < 1.29 is 19.1 Å². The minimum atomic E-state index is -1.37. The van der Waals surface area contributed by atoms with Gasteiger partial charge in [0, 0.05) is 6.08 Å². The lowest BCUT2D eigenvalue weighted by Gasteiger charge is -2.18. The van der Waals surface area contributed by atoms with Crippen LogP contribution in [0.4, 0.5) is 0 Å². The van der Waals surface area contributed by atoms with Crippen LogP contribution in [0, 0.1) is 0 Å². The molecule has 1 rings (SSSR count). The number of carbonyl (C=O) groups is 3. The first kappa shape index (κ1) is 9.44. The summed E-state index contributed by atoms with van der Waals surface area (Å²) in [5, 5.41) is 2.05. The molecule has 5 nitrogen and oxygen atoms in total. The number of rotatable bonds is 2. The van der Waals surface area contributed by atoms with Crippen molar-refractivity contribution in [1.29, 1.82) is 0 Å². The first-order valence-corrected chi connectivity index (χ1v) is 3.67. The highest BCUT2D eigenvalue weighted by atomic mass is 16.6. The van der Waals surface area contributed by atoms with Crippen LogP contribution in [-0.4, -0.2) is 23.4 Å². The van der Waals surface area contributed by atoms with Gasteiger partial charge in [0.1, 0.15) is 0 Å². The van der Waals surface area contributed by atoms with Crippen LogP contribution in [-0.2, 0) is 19.1 Å². The van der Waals surface area contributed by atoms with Gasteiger partial charge in [-0.1, -0.05) is 6.58 Å². The van der Waals surface area contributed by atoms with Crippen LogP contribution >= 0.6 is 0 Å². The van der Waals surface area contributed by atoms with Crippen LogP contribution in [0.15, 0.2) is 12.7 Å². The second-order valence-corrected chi connectivity index (χ2v) is 2.91. The number of imide groups is 1. The Labute approximate surface area is 74.7 Å². The Hall–Kier alpha value is -1.65. The van der Waals surface area contributed by atoms with E-state index in [1.807, 2.05) is 5.32 Å². The Morgan fingerprint density at radius 2 is 2.31 bits per heavy atom. The molecule has 0 spiro atoms. The molecule has 0 aromatic rings. The minimum absolute atomic E-state index is 0.134. The van der Waals surface area contributed by atoms with E-state index in [-0.39, 0.29) is 6.42 Å². The number of hydrogen-bond donors (Lipinski definition) is 1. The first-order valence-electron chi connectivity index (χ1n) is 3.67. The largest absolute Gasteiger partial charge is 0.446 e. The van der Waals surface area contributed by atoms with E-state index in [0.29, 0.717) is 0 Å². The second-order valence-electron chi connectivity index (χ2n) is 2.91.